The lowest BCUT2D eigenvalue weighted by atomic mass is 10.0. The molecule has 2 aliphatic rings. The zero-order chi connectivity index (χ0) is 32.4. The second-order valence-electron chi connectivity index (χ2n) is 11.3. The standard InChI is InChI=1S/C32H49N5O8/c1-3-44-30(40)26(35-25-18-22-36-21-12-16-27(31(41)43-2)37(36)29(25)39)15-9-11-19-33-28(38)17-8-5-10-20-34-32(42)45-23-24-13-6-4-7-14-24/h4,6-7,13-14,25-27,35H,3,5,8-12,15-23H2,1-2H3,(H,33,38)(H,34,42). The Morgan fingerprint density at radius 3 is 2.44 bits per heavy atom. The Morgan fingerprint density at radius 2 is 1.69 bits per heavy atom. The van der Waals surface area contributed by atoms with E-state index in [2.05, 4.69) is 16.0 Å². The number of alkyl carbamates (subject to hydrolysis) is 1. The number of carbonyl (C=O) groups is 5. The van der Waals surface area contributed by atoms with E-state index in [0.717, 1.165) is 24.8 Å². The fraction of sp³-hybridized carbons (Fsp3) is 0.656. The third-order valence-electron chi connectivity index (χ3n) is 7.94. The average Bonchev–Trinajstić information content (AvgIpc) is 3.05. The van der Waals surface area contributed by atoms with Crippen LogP contribution in [0.15, 0.2) is 30.3 Å². The maximum atomic E-state index is 13.4. The lowest BCUT2D eigenvalue weighted by molar-refractivity contribution is -0.185. The first-order valence-electron chi connectivity index (χ1n) is 16.1. The molecule has 0 saturated carbocycles. The molecule has 45 heavy (non-hydrogen) atoms. The van der Waals surface area contributed by atoms with Crippen LogP contribution >= 0.6 is 0 Å². The van der Waals surface area contributed by atoms with Crippen molar-refractivity contribution in [3.05, 3.63) is 35.9 Å². The van der Waals surface area contributed by atoms with Gasteiger partial charge in [-0.15, -0.1) is 0 Å². The second kappa shape index (κ2) is 19.6. The van der Waals surface area contributed by atoms with Crippen molar-refractivity contribution in [2.45, 2.75) is 95.9 Å². The first-order valence-corrected chi connectivity index (χ1v) is 16.1. The molecule has 0 radical (unpaired) electrons. The van der Waals surface area contributed by atoms with Crippen LogP contribution in [0.2, 0.25) is 0 Å². The van der Waals surface area contributed by atoms with Crippen LogP contribution in [0.25, 0.3) is 0 Å². The van der Waals surface area contributed by atoms with Crippen molar-refractivity contribution in [3.8, 4) is 0 Å². The number of methoxy groups -OCH3 is 1. The van der Waals surface area contributed by atoms with Gasteiger partial charge in [-0.05, 0) is 63.9 Å². The summed E-state index contributed by atoms with van der Waals surface area (Å²) in [6.07, 6.45) is 5.82. The Kier molecular flexibility index (Phi) is 15.6. The number of hydrogen-bond donors (Lipinski definition) is 3. The lowest BCUT2D eigenvalue weighted by Gasteiger charge is -2.48. The lowest BCUT2D eigenvalue weighted by Crippen LogP contribution is -2.67. The van der Waals surface area contributed by atoms with E-state index in [1.807, 2.05) is 35.3 Å². The van der Waals surface area contributed by atoms with E-state index < -0.39 is 36.2 Å². The van der Waals surface area contributed by atoms with E-state index in [-0.39, 0.29) is 25.0 Å². The van der Waals surface area contributed by atoms with Gasteiger partial charge in [0.05, 0.1) is 19.8 Å². The van der Waals surface area contributed by atoms with Gasteiger partial charge in [0.15, 0.2) is 0 Å². The van der Waals surface area contributed by atoms with Gasteiger partial charge in [-0.1, -0.05) is 36.8 Å². The third-order valence-corrected chi connectivity index (χ3v) is 7.94. The molecule has 0 spiro atoms. The molecule has 2 aliphatic heterocycles. The minimum absolute atomic E-state index is 0.0376. The summed E-state index contributed by atoms with van der Waals surface area (Å²) in [5, 5.41) is 12.2. The van der Waals surface area contributed by atoms with E-state index in [0.29, 0.717) is 71.1 Å². The van der Waals surface area contributed by atoms with Crippen molar-refractivity contribution in [1.82, 2.24) is 26.0 Å². The first kappa shape index (κ1) is 35.8. The molecule has 13 nitrogen and oxygen atoms in total. The molecule has 3 amide bonds. The van der Waals surface area contributed by atoms with Crippen LogP contribution in [-0.2, 0) is 40.0 Å². The number of hydrogen-bond acceptors (Lipinski definition) is 10. The largest absolute Gasteiger partial charge is 0.467 e. The van der Waals surface area contributed by atoms with Crippen LogP contribution in [0, 0.1) is 0 Å². The summed E-state index contributed by atoms with van der Waals surface area (Å²) in [5.41, 5.74) is 0.926. The number of nitrogens with one attached hydrogen (secondary N) is 3. The Morgan fingerprint density at radius 1 is 0.933 bits per heavy atom. The maximum Gasteiger partial charge on any atom is 0.407 e. The number of ether oxygens (including phenoxy) is 3. The van der Waals surface area contributed by atoms with Crippen molar-refractivity contribution < 1.29 is 38.2 Å². The third kappa shape index (κ3) is 12.0. The molecule has 0 bridgehead atoms. The SMILES string of the molecule is CCOC(=O)C(CCCCNC(=O)CCCCCNC(=O)OCc1ccccc1)NC1CCN2CCCC(C(=O)OC)N2C1=O. The number of benzene rings is 1. The van der Waals surface area contributed by atoms with Crippen LogP contribution in [0.3, 0.4) is 0 Å². The van der Waals surface area contributed by atoms with Gasteiger partial charge in [-0.2, -0.15) is 0 Å². The van der Waals surface area contributed by atoms with Gasteiger partial charge in [-0.25, -0.2) is 14.6 Å². The minimum atomic E-state index is -0.674. The van der Waals surface area contributed by atoms with E-state index in [1.54, 1.807) is 6.92 Å². The predicted molar refractivity (Wildman–Crippen MR) is 165 cm³/mol. The maximum absolute atomic E-state index is 13.4. The smallest absolute Gasteiger partial charge is 0.407 e. The molecule has 13 heteroatoms. The van der Waals surface area contributed by atoms with Gasteiger partial charge in [0.25, 0.3) is 5.91 Å². The molecule has 3 N–H and O–H groups in total. The Balaban J connectivity index is 1.30. The summed E-state index contributed by atoms with van der Waals surface area (Å²) >= 11 is 0. The fourth-order valence-corrected chi connectivity index (χ4v) is 5.57. The molecular weight excluding hydrogens is 582 g/mol. The molecule has 2 fully saturated rings. The highest BCUT2D eigenvalue weighted by molar-refractivity contribution is 5.88. The molecular formula is C32H49N5O8. The molecule has 1 aromatic carbocycles. The van der Waals surface area contributed by atoms with Crippen molar-refractivity contribution in [2.75, 3.05) is 39.9 Å². The summed E-state index contributed by atoms with van der Waals surface area (Å²) in [6, 6.07) is 7.52. The van der Waals surface area contributed by atoms with Gasteiger partial charge in [0.2, 0.25) is 5.91 Å². The Bertz CT molecular complexity index is 1100. The van der Waals surface area contributed by atoms with Crippen molar-refractivity contribution in [3.63, 3.8) is 0 Å². The van der Waals surface area contributed by atoms with E-state index in [4.69, 9.17) is 14.2 Å². The average molecular weight is 632 g/mol. The summed E-state index contributed by atoms with van der Waals surface area (Å²) in [6.45, 7) is 4.45. The highest BCUT2D eigenvalue weighted by Gasteiger charge is 2.44. The Hall–Kier alpha value is -3.71. The number of nitrogens with zero attached hydrogens (tertiary/aromatic N) is 2. The van der Waals surface area contributed by atoms with E-state index >= 15 is 0 Å². The van der Waals surface area contributed by atoms with Gasteiger partial charge in [-0.3, -0.25) is 24.7 Å². The van der Waals surface area contributed by atoms with Crippen LogP contribution < -0.4 is 16.0 Å². The van der Waals surface area contributed by atoms with E-state index in [9.17, 15) is 24.0 Å². The van der Waals surface area contributed by atoms with Gasteiger partial charge < -0.3 is 24.8 Å². The summed E-state index contributed by atoms with van der Waals surface area (Å²) in [7, 11) is 1.32. The topological polar surface area (TPSA) is 156 Å². The zero-order valence-corrected chi connectivity index (χ0v) is 26.6. The molecule has 3 unspecified atom stereocenters. The van der Waals surface area contributed by atoms with Crippen molar-refractivity contribution >= 4 is 29.8 Å². The highest BCUT2D eigenvalue weighted by atomic mass is 16.5. The number of carbonyl (C=O) groups excluding carboxylic acids is 5. The second-order valence-corrected chi connectivity index (χ2v) is 11.3. The molecule has 0 aliphatic carbocycles. The van der Waals surface area contributed by atoms with Crippen LogP contribution in [0.1, 0.15) is 76.7 Å². The van der Waals surface area contributed by atoms with Crippen molar-refractivity contribution in [1.29, 1.82) is 0 Å². The van der Waals surface area contributed by atoms with Gasteiger partial charge in [0, 0.05) is 32.6 Å². The summed E-state index contributed by atoms with van der Waals surface area (Å²) in [4.78, 5) is 62.5. The van der Waals surface area contributed by atoms with Gasteiger partial charge >= 0.3 is 18.0 Å². The summed E-state index contributed by atoms with van der Waals surface area (Å²) < 4.78 is 15.4. The molecule has 250 valence electrons. The fourth-order valence-electron chi connectivity index (χ4n) is 5.57. The number of rotatable bonds is 18. The highest BCUT2D eigenvalue weighted by Crippen LogP contribution is 2.25. The molecule has 3 rings (SSSR count). The van der Waals surface area contributed by atoms with Crippen LogP contribution in [0.5, 0.6) is 0 Å². The first-order chi connectivity index (χ1) is 21.8. The monoisotopic (exact) mass is 631 g/mol. The number of unbranched alkanes of at least 4 members (excludes halogenated alkanes) is 3. The van der Waals surface area contributed by atoms with Crippen LogP contribution in [0.4, 0.5) is 4.79 Å². The molecule has 2 heterocycles. The van der Waals surface area contributed by atoms with E-state index in [1.165, 1.54) is 12.1 Å². The van der Waals surface area contributed by atoms with Gasteiger partial charge in [0.1, 0.15) is 18.7 Å². The predicted octanol–water partition coefficient (Wildman–Crippen LogP) is 2.43. The number of esters is 2. The minimum Gasteiger partial charge on any atom is -0.467 e. The number of amides is 3. The molecule has 3 atom stereocenters. The van der Waals surface area contributed by atoms with Crippen LogP contribution in [-0.4, -0.2) is 97.9 Å². The zero-order valence-electron chi connectivity index (χ0n) is 26.6. The summed E-state index contributed by atoms with van der Waals surface area (Å²) in [5.74, 6) is -1.13. The number of hydrazine groups is 1. The molecule has 2 saturated heterocycles. The molecule has 1 aromatic rings. The van der Waals surface area contributed by atoms with Crippen molar-refractivity contribution in [2.24, 2.45) is 0 Å². The normalized spacial score (nSPS) is 18.8. The quantitative estimate of drug-likeness (QED) is 0.125. The number of fused-ring (bicyclic) bond motifs is 1. The Labute approximate surface area is 265 Å². The molecule has 0 aromatic heterocycles.